The first kappa shape index (κ1) is 14.8. The third-order valence-electron chi connectivity index (χ3n) is 2.09. The van der Waals surface area contributed by atoms with Gasteiger partial charge in [-0.2, -0.15) is 0 Å². The van der Waals surface area contributed by atoms with Gasteiger partial charge in [-0.05, 0) is 37.6 Å². The van der Waals surface area contributed by atoms with Crippen molar-refractivity contribution in [2.24, 2.45) is 5.73 Å². The Morgan fingerprint density at radius 3 is 1.81 bits per heavy atom. The van der Waals surface area contributed by atoms with Crippen LogP contribution in [0.1, 0.15) is 39.5 Å². The minimum atomic E-state index is -0.121. The molecular weight excluding hydrogens is 202 g/mol. The number of hydrogen-bond acceptors (Lipinski definition) is 3. The van der Waals surface area contributed by atoms with Gasteiger partial charge in [0.1, 0.15) is 0 Å². The molecule has 0 amide bonds. The van der Waals surface area contributed by atoms with Crippen molar-refractivity contribution in [2.75, 3.05) is 0 Å². The topological polar surface area (TPSA) is 60.2 Å². The van der Waals surface area contributed by atoms with Gasteiger partial charge >= 0.3 is 0 Å². The molecule has 0 heterocycles. The first-order chi connectivity index (χ1) is 7.56. The van der Waals surface area contributed by atoms with E-state index in [9.17, 15) is 9.59 Å². The van der Waals surface area contributed by atoms with Crippen LogP contribution in [0.2, 0.25) is 0 Å². The normalized spacial score (nSPS) is 15.7. The Bertz CT molecular complexity index is 240. The van der Waals surface area contributed by atoms with E-state index in [1.54, 1.807) is 0 Å². The highest BCUT2D eigenvalue weighted by molar-refractivity contribution is 6.14. The van der Waals surface area contributed by atoms with Crippen LogP contribution in [-0.2, 0) is 9.59 Å². The average Bonchev–Trinajstić information content (AvgIpc) is 2.23. The molecule has 16 heavy (non-hydrogen) atoms. The number of nitrogens with two attached hydrogens (primary N) is 1. The smallest absolute Gasteiger partial charge is 0.178 e. The maximum Gasteiger partial charge on any atom is 0.178 e. The summed E-state index contributed by atoms with van der Waals surface area (Å²) in [6, 6.07) is 0.404. The minimum Gasteiger partial charge on any atom is -0.328 e. The highest BCUT2D eigenvalue weighted by Crippen LogP contribution is 1.99. The molecule has 1 atom stereocenters. The van der Waals surface area contributed by atoms with E-state index in [-0.39, 0.29) is 11.6 Å². The molecule has 2 N–H and O–H groups in total. The second-order valence-corrected chi connectivity index (χ2v) is 3.94. The molecule has 90 valence electrons. The summed E-state index contributed by atoms with van der Waals surface area (Å²) in [5, 5.41) is 0. The van der Waals surface area contributed by atoms with Crippen molar-refractivity contribution in [1.82, 2.24) is 0 Å². The fourth-order valence-electron chi connectivity index (χ4n) is 1.16. The number of unbranched alkanes of at least 4 members (excludes halogenated alkanes) is 2. The molecule has 1 aliphatic carbocycles. The number of ketones is 2. The number of allylic oxidation sites excluding steroid dienone is 4. The lowest BCUT2D eigenvalue weighted by molar-refractivity contribution is -0.113. The van der Waals surface area contributed by atoms with Crippen LogP contribution in [0.5, 0.6) is 0 Å². The maximum atomic E-state index is 10.3. The van der Waals surface area contributed by atoms with Crippen LogP contribution in [0.15, 0.2) is 24.3 Å². The molecule has 0 aromatic rings. The van der Waals surface area contributed by atoms with Crippen molar-refractivity contribution >= 4 is 11.6 Å². The molecule has 0 bridgehead atoms. The van der Waals surface area contributed by atoms with E-state index >= 15 is 0 Å². The second kappa shape index (κ2) is 9.04. The molecule has 1 rings (SSSR count). The minimum absolute atomic E-state index is 0.121. The van der Waals surface area contributed by atoms with E-state index in [2.05, 4.69) is 13.8 Å². The van der Waals surface area contributed by atoms with Gasteiger partial charge in [0.2, 0.25) is 0 Å². The Morgan fingerprint density at radius 1 is 1.06 bits per heavy atom. The molecule has 1 unspecified atom stereocenters. The molecule has 3 nitrogen and oxygen atoms in total. The lowest BCUT2D eigenvalue weighted by atomic mass is 10.1. The summed E-state index contributed by atoms with van der Waals surface area (Å²) in [6.07, 6.45) is 10.1. The summed E-state index contributed by atoms with van der Waals surface area (Å²) in [4.78, 5) is 20.6. The Labute approximate surface area is 97.4 Å². The zero-order valence-corrected chi connectivity index (χ0v) is 10.1. The molecule has 1 aliphatic rings. The number of carbonyl (C=O) groups excluding carboxylic acids is 2. The molecule has 0 radical (unpaired) electrons. The van der Waals surface area contributed by atoms with Gasteiger partial charge in [-0.1, -0.05) is 26.2 Å². The standard InChI is InChI=1S/C7H17N.C6H4O2/c1-3-4-5-6-7(2)8;7-5-1-2-6(8)4-3-5/h7H,3-6,8H2,1-2H3;1-4H. The van der Waals surface area contributed by atoms with E-state index in [4.69, 9.17) is 5.73 Å². The SMILES string of the molecule is CCCCCC(C)N.O=C1C=CC(=O)C=C1. The summed E-state index contributed by atoms with van der Waals surface area (Å²) < 4.78 is 0. The van der Waals surface area contributed by atoms with Gasteiger partial charge in [0, 0.05) is 6.04 Å². The summed E-state index contributed by atoms with van der Waals surface area (Å²) in [5.41, 5.74) is 5.53. The predicted octanol–water partition coefficient (Wildman–Crippen LogP) is 2.16. The van der Waals surface area contributed by atoms with E-state index < -0.39 is 0 Å². The van der Waals surface area contributed by atoms with E-state index in [1.807, 2.05) is 0 Å². The Morgan fingerprint density at radius 2 is 1.50 bits per heavy atom. The van der Waals surface area contributed by atoms with Gasteiger partial charge in [-0.3, -0.25) is 9.59 Å². The number of carbonyl (C=O) groups is 2. The third kappa shape index (κ3) is 9.34. The Balaban J connectivity index is 0.000000281. The quantitative estimate of drug-likeness (QED) is 0.587. The summed E-state index contributed by atoms with van der Waals surface area (Å²) >= 11 is 0. The maximum absolute atomic E-state index is 10.3. The summed E-state index contributed by atoms with van der Waals surface area (Å²) in [7, 11) is 0. The van der Waals surface area contributed by atoms with Gasteiger partial charge in [0.15, 0.2) is 11.6 Å². The largest absolute Gasteiger partial charge is 0.328 e. The molecule has 0 aromatic heterocycles. The predicted molar refractivity (Wildman–Crippen MR) is 66.1 cm³/mol. The number of rotatable bonds is 4. The highest BCUT2D eigenvalue weighted by atomic mass is 16.1. The van der Waals surface area contributed by atoms with Crippen LogP contribution in [-0.4, -0.2) is 17.6 Å². The van der Waals surface area contributed by atoms with Gasteiger partial charge in [-0.15, -0.1) is 0 Å². The third-order valence-corrected chi connectivity index (χ3v) is 2.09. The van der Waals surface area contributed by atoms with Crippen LogP contribution >= 0.6 is 0 Å². The van der Waals surface area contributed by atoms with Crippen molar-refractivity contribution in [3.8, 4) is 0 Å². The zero-order valence-electron chi connectivity index (χ0n) is 10.1. The fourth-order valence-corrected chi connectivity index (χ4v) is 1.16. The molecular formula is C13H21NO2. The molecule has 0 saturated heterocycles. The van der Waals surface area contributed by atoms with E-state index in [0.717, 1.165) is 0 Å². The van der Waals surface area contributed by atoms with E-state index in [0.29, 0.717) is 6.04 Å². The zero-order chi connectivity index (χ0) is 12.4. The fraction of sp³-hybridized carbons (Fsp3) is 0.538. The Kier molecular flexibility index (Phi) is 8.35. The molecule has 0 fully saturated rings. The van der Waals surface area contributed by atoms with Gasteiger partial charge in [-0.25, -0.2) is 0 Å². The van der Waals surface area contributed by atoms with Crippen molar-refractivity contribution < 1.29 is 9.59 Å². The van der Waals surface area contributed by atoms with Crippen molar-refractivity contribution in [1.29, 1.82) is 0 Å². The second-order valence-electron chi connectivity index (χ2n) is 3.94. The lowest BCUT2D eigenvalue weighted by Crippen LogP contribution is -2.13. The van der Waals surface area contributed by atoms with E-state index in [1.165, 1.54) is 50.0 Å². The van der Waals surface area contributed by atoms with Crippen molar-refractivity contribution in [2.45, 2.75) is 45.6 Å². The van der Waals surface area contributed by atoms with Crippen LogP contribution in [0.4, 0.5) is 0 Å². The van der Waals surface area contributed by atoms with Gasteiger partial charge in [0.25, 0.3) is 0 Å². The summed E-state index contributed by atoms with van der Waals surface area (Å²) in [5.74, 6) is -0.241. The molecule has 0 saturated carbocycles. The Hall–Kier alpha value is -1.22. The first-order valence-electron chi connectivity index (χ1n) is 5.76. The van der Waals surface area contributed by atoms with Gasteiger partial charge < -0.3 is 5.73 Å². The first-order valence-corrected chi connectivity index (χ1v) is 5.76. The molecule has 0 aromatic carbocycles. The highest BCUT2D eigenvalue weighted by Gasteiger charge is 1.97. The average molecular weight is 223 g/mol. The van der Waals surface area contributed by atoms with Crippen LogP contribution in [0, 0.1) is 0 Å². The lowest BCUT2D eigenvalue weighted by Gasteiger charge is -2.01. The monoisotopic (exact) mass is 223 g/mol. The van der Waals surface area contributed by atoms with Crippen LogP contribution < -0.4 is 5.73 Å². The molecule has 3 heteroatoms. The van der Waals surface area contributed by atoms with Crippen LogP contribution in [0.3, 0.4) is 0 Å². The summed E-state index contributed by atoms with van der Waals surface area (Å²) in [6.45, 7) is 4.27. The van der Waals surface area contributed by atoms with Crippen molar-refractivity contribution in [3.05, 3.63) is 24.3 Å². The number of hydrogen-bond donors (Lipinski definition) is 1. The van der Waals surface area contributed by atoms with Crippen molar-refractivity contribution in [3.63, 3.8) is 0 Å². The van der Waals surface area contributed by atoms with Crippen LogP contribution in [0.25, 0.3) is 0 Å². The molecule has 0 aliphatic heterocycles. The molecule has 0 spiro atoms. The van der Waals surface area contributed by atoms with Gasteiger partial charge in [0.05, 0.1) is 0 Å².